The highest BCUT2D eigenvalue weighted by atomic mass is 16.5. The summed E-state index contributed by atoms with van der Waals surface area (Å²) >= 11 is 0. The molecule has 0 unspecified atom stereocenters. The van der Waals surface area contributed by atoms with Crippen molar-refractivity contribution in [3.63, 3.8) is 0 Å². The number of rotatable bonds is 4. The van der Waals surface area contributed by atoms with Crippen molar-refractivity contribution in [2.45, 2.75) is 20.3 Å². The summed E-state index contributed by atoms with van der Waals surface area (Å²) in [4.78, 5) is 12.5. The molecule has 0 radical (unpaired) electrons. The second-order valence-electron chi connectivity index (χ2n) is 6.14. The molecule has 4 heteroatoms. The first-order valence-corrected chi connectivity index (χ1v) is 8.06. The van der Waals surface area contributed by atoms with Crippen LogP contribution >= 0.6 is 0 Å². The van der Waals surface area contributed by atoms with Crippen LogP contribution in [0.2, 0.25) is 0 Å². The number of aromatic hydroxyl groups is 1. The Morgan fingerprint density at radius 3 is 2.52 bits per heavy atom. The van der Waals surface area contributed by atoms with Gasteiger partial charge in [-0.15, -0.1) is 0 Å². The van der Waals surface area contributed by atoms with Crippen LogP contribution in [0.15, 0.2) is 63.3 Å². The molecule has 4 nitrogen and oxygen atoms in total. The molecule has 1 heterocycles. The zero-order chi connectivity index (χ0) is 18.0. The lowest BCUT2D eigenvalue weighted by Gasteiger charge is -2.09. The monoisotopic (exact) mass is 336 g/mol. The van der Waals surface area contributed by atoms with Crippen molar-refractivity contribution in [1.29, 1.82) is 0 Å². The third-order valence-corrected chi connectivity index (χ3v) is 4.04. The fraction of sp³-hybridized carbons (Fsp3) is 0.190. The van der Waals surface area contributed by atoms with E-state index in [1.165, 1.54) is 11.6 Å². The molecule has 2 aromatic carbocycles. The Bertz CT molecular complexity index is 991. The van der Waals surface area contributed by atoms with E-state index in [4.69, 9.17) is 9.15 Å². The summed E-state index contributed by atoms with van der Waals surface area (Å²) in [6.45, 7) is 4.03. The second kappa shape index (κ2) is 6.85. The summed E-state index contributed by atoms with van der Waals surface area (Å²) in [5.74, 6) is 1.13. The van der Waals surface area contributed by atoms with Crippen LogP contribution in [0.5, 0.6) is 11.5 Å². The van der Waals surface area contributed by atoms with Crippen molar-refractivity contribution in [1.82, 2.24) is 0 Å². The predicted molar refractivity (Wildman–Crippen MR) is 99.3 cm³/mol. The highest BCUT2D eigenvalue weighted by Crippen LogP contribution is 2.30. The van der Waals surface area contributed by atoms with Crippen molar-refractivity contribution in [2.24, 2.45) is 0 Å². The van der Waals surface area contributed by atoms with Gasteiger partial charge in [0.15, 0.2) is 5.43 Å². The minimum absolute atomic E-state index is 0.0639. The molecule has 1 N–H and O–H groups in total. The van der Waals surface area contributed by atoms with E-state index < -0.39 is 0 Å². The van der Waals surface area contributed by atoms with Crippen LogP contribution < -0.4 is 10.2 Å². The third kappa shape index (κ3) is 3.43. The molecule has 1 aromatic heterocycles. The number of ether oxygens (including phenoxy) is 1. The summed E-state index contributed by atoms with van der Waals surface area (Å²) < 4.78 is 11.2. The summed E-state index contributed by atoms with van der Waals surface area (Å²) in [6, 6.07) is 12.0. The normalized spacial score (nSPS) is 10.7. The number of phenols is 1. The fourth-order valence-electron chi connectivity index (χ4n) is 2.67. The number of hydrogen-bond acceptors (Lipinski definition) is 4. The van der Waals surface area contributed by atoms with Gasteiger partial charge in [0, 0.05) is 11.6 Å². The molecule has 0 spiro atoms. The quantitative estimate of drug-likeness (QED) is 0.703. The maximum absolute atomic E-state index is 12.5. The highest BCUT2D eigenvalue weighted by Gasteiger charge is 2.14. The van der Waals surface area contributed by atoms with Crippen molar-refractivity contribution in [3.8, 4) is 22.8 Å². The van der Waals surface area contributed by atoms with E-state index in [-0.39, 0.29) is 16.6 Å². The Kier molecular flexibility index (Phi) is 4.61. The molecule has 128 valence electrons. The van der Waals surface area contributed by atoms with Crippen LogP contribution in [0.1, 0.15) is 19.4 Å². The van der Waals surface area contributed by atoms with Gasteiger partial charge in [0.05, 0.1) is 7.11 Å². The fourth-order valence-corrected chi connectivity index (χ4v) is 2.67. The first-order valence-electron chi connectivity index (χ1n) is 8.06. The van der Waals surface area contributed by atoms with Gasteiger partial charge in [-0.3, -0.25) is 4.79 Å². The average molecular weight is 336 g/mol. The van der Waals surface area contributed by atoms with Gasteiger partial charge in [0.2, 0.25) is 0 Å². The maximum atomic E-state index is 12.5. The van der Waals surface area contributed by atoms with Crippen molar-refractivity contribution in [3.05, 3.63) is 69.9 Å². The van der Waals surface area contributed by atoms with Crippen molar-refractivity contribution >= 4 is 11.0 Å². The van der Waals surface area contributed by atoms with E-state index in [1.54, 1.807) is 19.2 Å². The lowest BCUT2D eigenvalue weighted by molar-refractivity contribution is 0.415. The largest absolute Gasteiger partial charge is 0.507 e. The molecule has 0 saturated heterocycles. The molecule has 0 aliphatic carbocycles. The van der Waals surface area contributed by atoms with Gasteiger partial charge in [0.25, 0.3) is 0 Å². The summed E-state index contributed by atoms with van der Waals surface area (Å²) in [5.41, 5.74) is 2.98. The number of fused-ring (bicyclic) bond motifs is 1. The van der Waals surface area contributed by atoms with E-state index in [1.807, 2.05) is 38.1 Å². The Balaban J connectivity index is 2.20. The summed E-state index contributed by atoms with van der Waals surface area (Å²) in [7, 11) is 1.60. The van der Waals surface area contributed by atoms with Gasteiger partial charge in [-0.2, -0.15) is 0 Å². The van der Waals surface area contributed by atoms with Gasteiger partial charge in [-0.1, -0.05) is 17.7 Å². The van der Waals surface area contributed by atoms with E-state index in [0.717, 1.165) is 16.9 Å². The molecule has 0 fully saturated rings. The van der Waals surface area contributed by atoms with Crippen molar-refractivity contribution < 1.29 is 14.3 Å². The Labute approximate surface area is 146 Å². The first-order chi connectivity index (χ1) is 12.0. The zero-order valence-corrected chi connectivity index (χ0v) is 14.5. The van der Waals surface area contributed by atoms with Gasteiger partial charge in [-0.25, -0.2) is 0 Å². The standard InChI is InChI=1S/C21H20O4/c1-13(2)4-5-15-8-11-17(22)20-18(23)12-19(25-21(15)20)14-6-9-16(24-3)10-7-14/h4,6-12,22H,5H2,1-3H3. The van der Waals surface area contributed by atoms with E-state index in [9.17, 15) is 9.90 Å². The topological polar surface area (TPSA) is 59.7 Å². The van der Waals surface area contributed by atoms with Crippen molar-refractivity contribution in [2.75, 3.05) is 7.11 Å². The molecule has 0 aliphatic rings. The first kappa shape index (κ1) is 16.8. The van der Waals surface area contributed by atoms with Gasteiger partial charge >= 0.3 is 0 Å². The summed E-state index contributed by atoms with van der Waals surface area (Å²) in [6.07, 6.45) is 2.69. The zero-order valence-electron chi connectivity index (χ0n) is 14.5. The van der Waals surface area contributed by atoms with Gasteiger partial charge in [-0.05, 0) is 56.2 Å². The SMILES string of the molecule is COc1ccc(-c2cc(=O)c3c(O)ccc(CC=C(C)C)c3o2)cc1. The molecule has 0 saturated carbocycles. The number of methoxy groups -OCH3 is 1. The van der Waals surface area contributed by atoms with Crippen LogP contribution in [0.3, 0.4) is 0 Å². The number of phenolic OH excluding ortho intramolecular Hbond substituents is 1. The molecule has 0 atom stereocenters. The minimum atomic E-state index is -0.261. The number of hydrogen-bond donors (Lipinski definition) is 1. The number of allylic oxidation sites excluding steroid dienone is 2. The second-order valence-corrected chi connectivity index (χ2v) is 6.14. The third-order valence-electron chi connectivity index (χ3n) is 4.04. The number of benzene rings is 2. The minimum Gasteiger partial charge on any atom is -0.507 e. The Morgan fingerprint density at radius 2 is 1.88 bits per heavy atom. The van der Waals surface area contributed by atoms with Crippen LogP contribution in [0.25, 0.3) is 22.3 Å². The Morgan fingerprint density at radius 1 is 1.16 bits per heavy atom. The van der Waals surface area contributed by atoms with Crippen LogP contribution in [0, 0.1) is 0 Å². The molecular weight excluding hydrogens is 316 g/mol. The predicted octanol–water partition coefficient (Wildman–Crippen LogP) is 4.68. The summed E-state index contributed by atoms with van der Waals surface area (Å²) in [5, 5.41) is 10.3. The maximum Gasteiger partial charge on any atom is 0.197 e. The molecule has 0 bridgehead atoms. The molecule has 3 aromatic rings. The molecular formula is C21H20O4. The average Bonchev–Trinajstić information content (AvgIpc) is 2.60. The Hall–Kier alpha value is -3.01. The smallest absolute Gasteiger partial charge is 0.197 e. The van der Waals surface area contributed by atoms with Crippen LogP contribution in [-0.2, 0) is 6.42 Å². The van der Waals surface area contributed by atoms with Gasteiger partial charge in [0.1, 0.15) is 28.2 Å². The van der Waals surface area contributed by atoms with Gasteiger partial charge < -0.3 is 14.3 Å². The highest BCUT2D eigenvalue weighted by molar-refractivity contribution is 5.87. The van der Waals surface area contributed by atoms with E-state index >= 15 is 0 Å². The van der Waals surface area contributed by atoms with E-state index in [2.05, 4.69) is 6.08 Å². The lowest BCUT2D eigenvalue weighted by Crippen LogP contribution is -2.02. The molecule has 3 rings (SSSR count). The lowest BCUT2D eigenvalue weighted by atomic mass is 10.0. The molecule has 0 amide bonds. The van der Waals surface area contributed by atoms with E-state index in [0.29, 0.717) is 17.8 Å². The van der Waals surface area contributed by atoms with Crippen LogP contribution in [-0.4, -0.2) is 12.2 Å². The van der Waals surface area contributed by atoms with Crippen LogP contribution in [0.4, 0.5) is 0 Å². The molecule has 25 heavy (non-hydrogen) atoms. The molecule has 0 aliphatic heterocycles.